The van der Waals surface area contributed by atoms with Gasteiger partial charge in [-0.15, -0.1) is 0 Å². The Morgan fingerprint density at radius 2 is 1.63 bits per heavy atom. The smallest absolute Gasteiger partial charge is 0.407 e. The number of aliphatic carboxylic acids is 1. The molecule has 0 radical (unpaired) electrons. The van der Waals surface area contributed by atoms with Gasteiger partial charge in [0.2, 0.25) is 5.91 Å². The Hall–Kier alpha value is -3.35. The minimum atomic E-state index is -0.823. The number of rotatable bonds is 9. The first-order valence-corrected chi connectivity index (χ1v) is 12.6. The zero-order valence-electron chi connectivity index (χ0n) is 20.2. The summed E-state index contributed by atoms with van der Waals surface area (Å²) in [4.78, 5) is 36.5. The third-order valence-corrected chi connectivity index (χ3v) is 7.28. The van der Waals surface area contributed by atoms with Crippen LogP contribution in [0.3, 0.4) is 0 Å². The van der Waals surface area contributed by atoms with E-state index in [1.54, 1.807) is 6.92 Å². The topological polar surface area (TPSA) is 105 Å². The Bertz CT molecular complexity index is 1020. The molecule has 1 fully saturated rings. The highest BCUT2D eigenvalue weighted by Crippen LogP contribution is 2.44. The molecule has 0 saturated heterocycles. The van der Waals surface area contributed by atoms with E-state index >= 15 is 0 Å². The molecule has 2 aromatic carbocycles. The highest BCUT2D eigenvalue weighted by molar-refractivity contribution is 5.81. The molecule has 1 unspecified atom stereocenters. The van der Waals surface area contributed by atoms with E-state index in [0.717, 1.165) is 30.4 Å². The van der Waals surface area contributed by atoms with Crippen LogP contribution in [0.5, 0.6) is 0 Å². The van der Waals surface area contributed by atoms with E-state index in [9.17, 15) is 14.4 Å². The molecular weight excluding hydrogens is 444 g/mol. The molecule has 0 bridgehead atoms. The second-order valence-corrected chi connectivity index (χ2v) is 9.64. The highest BCUT2D eigenvalue weighted by atomic mass is 16.5. The summed E-state index contributed by atoms with van der Waals surface area (Å²) in [6.07, 6.45) is 3.97. The zero-order valence-corrected chi connectivity index (χ0v) is 20.2. The fourth-order valence-corrected chi connectivity index (χ4v) is 5.28. The first-order valence-electron chi connectivity index (χ1n) is 12.6. The molecule has 3 atom stereocenters. The molecule has 0 aliphatic heterocycles. The van der Waals surface area contributed by atoms with Crippen molar-refractivity contribution in [2.75, 3.05) is 13.2 Å². The van der Waals surface area contributed by atoms with Gasteiger partial charge in [0.15, 0.2) is 0 Å². The lowest BCUT2D eigenvalue weighted by molar-refractivity contribution is -0.141. The van der Waals surface area contributed by atoms with Crippen molar-refractivity contribution < 1.29 is 24.2 Å². The standard InChI is InChI=1S/C28H34N2O5/c1-18(27(32)33)9-8-16-29-26(31)23-14-6-7-15-25(23)30-28(34)35-17-24-21-12-4-2-10-19(21)20-11-3-5-13-22(20)24/h2-5,10-13,18,23-25H,6-9,14-17H2,1H3,(H,29,31)(H,30,34)(H,32,33)/t18?,23-,25+/m1/s1. The van der Waals surface area contributed by atoms with Gasteiger partial charge >= 0.3 is 12.1 Å². The number of carboxylic acid groups (broad SMARTS) is 1. The van der Waals surface area contributed by atoms with Gasteiger partial charge in [-0.2, -0.15) is 0 Å². The van der Waals surface area contributed by atoms with Crippen molar-refractivity contribution in [1.29, 1.82) is 0 Å². The number of ether oxygens (including phenoxy) is 1. The average molecular weight is 479 g/mol. The molecule has 2 amide bonds. The van der Waals surface area contributed by atoms with E-state index in [2.05, 4.69) is 34.9 Å². The lowest BCUT2D eigenvalue weighted by atomic mass is 9.84. The number of fused-ring (bicyclic) bond motifs is 3. The van der Waals surface area contributed by atoms with Crippen LogP contribution in [0, 0.1) is 11.8 Å². The Labute approximate surface area is 206 Å². The van der Waals surface area contributed by atoms with Crippen molar-refractivity contribution in [3.8, 4) is 11.1 Å². The third-order valence-electron chi connectivity index (χ3n) is 7.28. The Balaban J connectivity index is 1.30. The molecule has 3 N–H and O–H groups in total. The number of nitrogens with one attached hydrogen (secondary N) is 2. The maximum atomic E-state index is 12.8. The number of alkyl carbamates (subject to hydrolysis) is 1. The molecule has 0 aromatic heterocycles. The molecule has 186 valence electrons. The van der Waals surface area contributed by atoms with E-state index in [-0.39, 0.29) is 30.4 Å². The van der Waals surface area contributed by atoms with Gasteiger partial charge in [0.25, 0.3) is 0 Å². The molecule has 2 aliphatic carbocycles. The molecule has 0 heterocycles. The molecule has 1 saturated carbocycles. The fraction of sp³-hybridized carbons (Fsp3) is 0.464. The van der Waals surface area contributed by atoms with Crippen LogP contribution >= 0.6 is 0 Å². The zero-order chi connectivity index (χ0) is 24.8. The van der Waals surface area contributed by atoms with Crippen LogP contribution in [-0.2, 0) is 14.3 Å². The number of hydrogen-bond acceptors (Lipinski definition) is 4. The molecule has 7 nitrogen and oxygen atoms in total. The molecule has 35 heavy (non-hydrogen) atoms. The van der Waals surface area contributed by atoms with Crippen molar-refractivity contribution in [2.45, 2.75) is 57.4 Å². The van der Waals surface area contributed by atoms with Crippen LogP contribution in [0.25, 0.3) is 11.1 Å². The summed E-state index contributed by atoms with van der Waals surface area (Å²) in [7, 11) is 0. The summed E-state index contributed by atoms with van der Waals surface area (Å²) in [5.74, 6) is -1.65. The van der Waals surface area contributed by atoms with Gasteiger partial charge in [-0.3, -0.25) is 9.59 Å². The first-order chi connectivity index (χ1) is 17.0. The Kier molecular flexibility index (Phi) is 8.06. The number of carboxylic acids is 1. The monoisotopic (exact) mass is 478 g/mol. The Morgan fingerprint density at radius 1 is 1.00 bits per heavy atom. The van der Waals surface area contributed by atoms with Gasteiger partial charge in [0.1, 0.15) is 6.61 Å². The first kappa shape index (κ1) is 24.8. The van der Waals surface area contributed by atoms with Crippen LogP contribution in [0.1, 0.15) is 62.5 Å². The Morgan fingerprint density at radius 3 is 2.29 bits per heavy atom. The van der Waals surface area contributed by atoms with E-state index in [4.69, 9.17) is 9.84 Å². The number of benzene rings is 2. The van der Waals surface area contributed by atoms with E-state index in [1.807, 2.05) is 24.3 Å². The van der Waals surface area contributed by atoms with Crippen LogP contribution in [0.4, 0.5) is 4.79 Å². The minimum absolute atomic E-state index is 0.00760. The summed E-state index contributed by atoms with van der Waals surface area (Å²) >= 11 is 0. The van der Waals surface area contributed by atoms with Crippen LogP contribution in [0.2, 0.25) is 0 Å². The number of hydrogen-bond donors (Lipinski definition) is 3. The minimum Gasteiger partial charge on any atom is -0.481 e. The predicted molar refractivity (Wildman–Crippen MR) is 133 cm³/mol. The molecular formula is C28H34N2O5. The van der Waals surface area contributed by atoms with Crippen molar-refractivity contribution in [1.82, 2.24) is 10.6 Å². The normalized spacial score (nSPS) is 19.8. The molecule has 2 aromatic rings. The summed E-state index contributed by atoms with van der Waals surface area (Å²) in [6.45, 7) is 2.34. The van der Waals surface area contributed by atoms with Gasteiger partial charge in [0, 0.05) is 18.5 Å². The van der Waals surface area contributed by atoms with Gasteiger partial charge in [-0.05, 0) is 47.9 Å². The van der Waals surface area contributed by atoms with E-state index in [1.165, 1.54) is 11.1 Å². The second kappa shape index (κ2) is 11.4. The van der Waals surface area contributed by atoms with Crippen molar-refractivity contribution in [3.05, 3.63) is 59.7 Å². The van der Waals surface area contributed by atoms with Crippen LogP contribution in [-0.4, -0.2) is 42.3 Å². The summed E-state index contributed by atoms with van der Waals surface area (Å²) in [6, 6.07) is 16.1. The average Bonchev–Trinajstić information content (AvgIpc) is 3.19. The van der Waals surface area contributed by atoms with Gasteiger partial charge in [-0.25, -0.2) is 4.79 Å². The van der Waals surface area contributed by atoms with Crippen LogP contribution in [0.15, 0.2) is 48.5 Å². The lowest BCUT2D eigenvalue weighted by Crippen LogP contribution is -2.48. The van der Waals surface area contributed by atoms with Crippen molar-refractivity contribution in [2.24, 2.45) is 11.8 Å². The summed E-state index contributed by atoms with van der Waals surface area (Å²) in [5, 5.41) is 14.9. The molecule has 4 rings (SSSR count). The molecule has 7 heteroatoms. The second-order valence-electron chi connectivity index (χ2n) is 9.64. The predicted octanol–water partition coefficient (Wildman–Crippen LogP) is 4.70. The van der Waals surface area contributed by atoms with Crippen molar-refractivity contribution >= 4 is 18.0 Å². The quantitative estimate of drug-likeness (QED) is 0.453. The lowest BCUT2D eigenvalue weighted by Gasteiger charge is -2.31. The number of amides is 2. The maximum Gasteiger partial charge on any atom is 0.407 e. The van der Waals surface area contributed by atoms with Gasteiger partial charge < -0.3 is 20.5 Å². The summed E-state index contributed by atoms with van der Waals surface area (Å²) < 4.78 is 5.68. The molecule has 2 aliphatic rings. The largest absolute Gasteiger partial charge is 0.481 e. The van der Waals surface area contributed by atoms with Crippen LogP contribution < -0.4 is 10.6 Å². The van der Waals surface area contributed by atoms with E-state index in [0.29, 0.717) is 25.8 Å². The summed E-state index contributed by atoms with van der Waals surface area (Å²) in [5.41, 5.74) is 4.68. The SMILES string of the molecule is CC(CCCNC(=O)[C@@H]1CCCC[C@@H]1NC(=O)OCC1c2ccccc2-c2ccccc21)C(=O)O. The maximum absolute atomic E-state index is 12.8. The van der Waals surface area contributed by atoms with E-state index < -0.39 is 18.0 Å². The number of carbonyl (C=O) groups is 3. The van der Waals surface area contributed by atoms with Gasteiger partial charge in [0.05, 0.1) is 11.8 Å². The number of carbonyl (C=O) groups excluding carboxylic acids is 2. The fourth-order valence-electron chi connectivity index (χ4n) is 5.28. The van der Waals surface area contributed by atoms with Crippen molar-refractivity contribution in [3.63, 3.8) is 0 Å². The molecule has 0 spiro atoms. The highest BCUT2D eigenvalue weighted by Gasteiger charge is 2.33. The van der Waals surface area contributed by atoms with Gasteiger partial charge in [-0.1, -0.05) is 68.3 Å². The third kappa shape index (κ3) is 5.84.